The molecule has 1 saturated carbocycles. The molecular weight excluding hydrogens is 218 g/mol. The highest BCUT2D eigenvalue weighted by Gasteiger charge is 2.34. The summed E-state index contributed by atoms with van der Waals surface area (Å²) in [7, 11) is 1.75. The van der Waals surface area contributed by atoms with Crippen molar-refractivity contribution in [3.8, 4) is 0 Å². The van der Waals surface area contributed by atoms with Gasteiger partial charge in [0.05, 0.1) is 0 Å². The Labute approximate surface area is 99.6 Å². The minimum absolute atomic E-state index is 0.0850. The van der Waals surface area contributed by atoms with Gasteiger partial charge < -0.3 is 15.6 Å². The lowest BCUT2D eigenvalue weighted by atomic mass is 10.1. The highest BCUT2D eigenvalue weighted by Crippen LogP contribution is 2.34. The standard InChI is InChI=1S/C12H17N3O2/c1-15(10(7-13)8-2-3-8)12(17)9-4-5-14-11(16)6-9/h4-6,8,10H,2-3,7,13H2,1H3,(H,14,16). The van der Waals surface area contributed by atoms with Crippen LogP contribution in [-0.2, 0) is 0 Å². The van der Waals surface area contributed by atoms with E-state index in [1.165, 1.54) is 12.3 Å². The van der Waals surface area contributed by atoms with Gasteiger partial charge in [-0.15, -0.1) is 0 Å². The summed E-state index contributed by atoms with van der Waals surface area (Å²) in [6, 6.07) is 3.02. The molecule has 5 nitrogen and oxygen atoms in total. The Morgan fingerprint density at radius 2 is 2.35 bits per heavy atom. The van der Waals surface area contributed by atoms with Crippen molar-refractivity contribution >= 4 is 5.91 Å². The molecule has 1 aliphatic rings. The van der Waals surface area contributed by atoms with Gasteiger partial charge in [-0.25, -0.2) is 0 Å². The third-order valence-corrected chi connectivity index (χ3v) is 3.25. The number of aromatic amines is 1. The zero-order valence-corrected chi connectivity index (χ0v) is 9.85. The van der Waals surface area contributed by atoms with Crippen LogP contribution in [-0.4, -0.2) is 35.4 Å². The van der Waals surface area contributed by atoms with Crippen molar-refractivity contribution in [2.45, 2.75) is 18.9 Å². The number of pyridine rings is 1. The van der Waals surface area contributed by atoms with Gasteiger partial charge >= 0.3 is 0 Å². The second-order valence-corrected chi connectivity index (χ2v) is 4.50. The molecule has 0 aromatic carbocycles. The van der Waals surface area contributed by atoms with E-state index in [9.17, 15) is 9.59 Å². The molecule has 2 rings (SSSR count). The molecule has 1 heterocycles. The largest absolute Gasteiger partial charge is 0.337 e. The van der Waals surface area contributed by atoms with E-state index in [-0.39, 0.29) is 17.5 Å². The monoisotopic (exact) mass is 235 g/mol. The van der Waals surface area contributed by atoms with Crippen LogP contribution in [0.25, 0.3) is 0 Å². The maximum absolute atomic E-state index is 12.1. The predicted octanol–water partition coefficient (Wildman–Crippen LogP) is 0.184. The average molecular weight is 235 g/mol. The Morgan fingerprint density at radius 1 is 1.65 bits per heavy atom. The number of carbonyl (C=O) groups is 1. The molecule has 92 valence electrons. The van der Waals surface area contributed by atoms with E-state index in [0.717, 1.165) is 12.8 Å². The van der Waals surface area contributed by atoms with E-state index in [1.54, 1.807) is 18.0 Å². The van der Waals surface area contributed by atoms with Gasteiger partial charge in [-0.3, -0.25) is 9.59 Å². The molecule has 1 aromatic heterocycles. The van der Waals surface area contributed by atoms with Gasteiger partial charge in [0.15, 0.2) is 0 Å². The molecule has 3 N–H and O–H groups in total. The summed E-state index contributed by atoms with van der Waals surface area (Å²) in [5.74, 6) is 0.384. The number of H-pyrrole nitrogens is 1. The minimum atomic E-state index is -0.264. The van der Waals surface area contributed by atoms with Crippen molar-refractivity contribution in [1.82, 2.24) is 9.88 Å². The fourth-order valence-corrected chi connectivity index (χ4v) is 2.08. The van der Waals surface area contributed by atoms with Crippen LogP contribution in [0.2, 0.25) is 0 Å². The maximum atomic E-state index is 12.1. The fourth-order valence-electron chi connectivity index (χ4n) is 2.08. The number of hydrogen-bond acceptors (Lipinski definition) is 3. The molecule has 1 atom stereocenters. The van der Waals surface area contributed by atoms with Crippen LogP contribution in [0.3, 0.4) is 0 Å². The average Bonchev–Trinajstić information content (AvgIpc) is 3.13. The molecule has 0 bridgehead atoms. The molecule has 0 radical (unpaired) electrons. The first-order valence-electron chi connectivity index (χ1n) is 5.79. The first-order valence-corrected chi connectivity index (χ1v) is 5.79. The van der Waals surface area contributed by atoms with Crippen LogP contribution in [0.15, 0.2) is 23.1 Å². The molecule has 0 saturated heterocycles. The Morgan fingerprint density at radius 3 is 2.88 bits per heavy atom. The van der Waals surface area contributed by atoms with Crippen LogP contribution in [0.5, 0.6) is 0 Å². The van der Waals surface area contributed by atoms with Gasteiger partial charge in [-0.05, 0) is 24.8 Å². The van der Waals surface area contributed by atoms with Crippen LogP contribution >= 0.6 is 0 Å². The van der Waals surface area contributed by atoms with Crippen molar-refractivity contribution in [2.24, 2.45) is 11.7 Å². The summed E-state index contributed by atoms with van der Waals surface area (Å²) in [6.45, 7) is 0.468. The van der Waals surface area contributed by atoms with E-state index in [0.29, 0.717) is 18.0 Å². The minimum Gasteiger partial charge on any atom is -0.337 e. The second-order valence-electron chi connectivity index (χ2n) is 4.50. The lowest BCUT2D eigenvalue weighted by Crippen LogP contribution is -2.43. The van der Waals surface area contributed by atoms with Crippen molar-refractivity contribution in [2.75, 3.05) is 13.6 Å². The Kier molecular flexibility index (Phi) is 3.28. The van der Waals surface area contributed by atoms with Crippen molar-refractivity contribution < 1.29 is 4.79 Å². The lowest BCUT2D eigenvalue weighted by Gasteiger charge is -2.27. The van der Waals surface area contributed by atoms with Gasteiger partial charge in [0, 0.05) is 37.5 Å². The van der Waals surface area contributed by atoms with Crippen LogP contribution in [0.1, 0.15) is 23.2 Å². The smallest absolute Gasteiger partial charge is 0.254 e. The molecule has 1 aromatic rings. The summed E-state index contributed by atoms with van der Waals surface area (Å²) in [6.07, 6.45) is 3.75. The van der Waals surface area contributed by atoms with Gasteiger partial charge in [-0.2, -0.15) is 0 Å². The fraction of sp³-hybridized carbons (Fsp3) is 0.500. The third kappa shape index (κ3) is 2.55. The number of nitrogens with two attached hydrogens (primary N) is 1. The first kappa shape index (κ1) is 11.9. The van der Waals surface area contributed by atoms with Gasteiger partial charge in [0.25, 0.3) is 5.91 Å². The van der Waals surface area contributed by atoms with Gasteiger partial charge in [0.1, 0.15) is 0 Å². The Bertz CT molecular complexity index is 465. The molecular formula is C12H17N3O2. The van der Waals surface area contributed by atoms with Crippen LogP contribution in [0, 0.1) is 5.92 Å². The third-order valence-electron chi connectivity index (χ3n) is 3.25. The number of nitrogens with zero attached hydrogens (tertiary/aromatic N) is 1. The van der Waals surface area contributed by atoms with Gasteiger partial charge in [-0.1, -0.05) is 0 Å². The maximum Gasteiger partial charge on any atom is 0.254 e. The summed E-state index contributed by atoms with van der Waals surface area (Å²) >= 11 is 0. The van der Waals surface area contributed by atoms with E-state index < -0.39 is 0 Å². The molecule has 1 unspecified atom stereocenters. The lowest BCUT2D eigenvalue weighted by molar-refractivity contribution is 0.0718. The van der Waals surface area contributed by atoms with Gasteiger partial charge in [0.2, 0.25) is 5.56 Å². The molecule has 5 heteroatoms. The molecule has 0 spiro atoms. The van der Waals surface area contributed by atoms with E-state index in [1.807, 2.05) is 0 Å². The van der Waals surface area contributed by atoms with Crippen molar-refractivity contribution in [3.05, 3.63) is 34.2 Å². The van der Waals surface area contributed by atoms with E-state index >= 15 is 0 Å². The van der Waals surface area contributed by atoms with Crippen molar-refractivity contribution in [3.63, 3.8) is 0 Å². The van der Waals surface area contributed by atoms with Crippen LogP contribution in [0.4, 0.5) is 0 Å². The number of amides is 1. The highest BCUT2D eigenvalue weighted by atomic mass is 16.2. The van der Waals surface area contributed by atoms with Crippen LogP contribution < -0.4 is 11.3 Å². The number of hydrogen-bond donors (Lipinski definition) is 2. The topological polar surface area (TPSA) is 79.2 Å². The number of rotatable bonds is 4. The second kappa shape index (κ2) is 4.71. The Balaban J connectivity index is 2.16. The zero-order chi connectivity index (χ0) is 12.4. The summed E-state index contributed by atoms with van der Waals surface area (Å²) < 4.78 is 0. The number of nitrogens with one attached hydrogen (secondary N) is 1. The van der Waals surface area contributed by atoms with E-state index in [2.05, 4.69) is 4.98 Å². The normalized spacial score (nSPS) is 16.6. The summed E-state index contributed by atoms with van der Waals surface area (Å²) in [5.41, 5.74) is 5.85. The van der Waals surface area contributed by atoms with Crippen molar-refractivity contribution in [1.29, 1.82) is 0 Å². The molecule has 1 aliphatic carbocycles. The molecule has 1 fully saturated rings. The molecule has 1 amide bonds. The SMILES string of the molecule is CN(C(=O)c1cc[nH]c(=O)c1)C(CN)C1CC1. The predicted molar refractivity (Wildman–Crippen MR) is 64.7 cm³/mol. The quantitative estimate of drug-likeness (QED) is 0.781. The van der Waals surface area contributed by atoms with E-state index in [4.69, 9.17) is 5.73 Å². The number of aromatic nitrogens is 1. The number of carbonyl (C=O) groups excluding carboxylic acids is 1. The Hall–Kier alpha value is -1.62. The number of likely N-dealkylation sites (N-methyl/N-ethyl adjacent to an activating group) is 1. The first-order chi connectivity index (χ1) is 8.13. The molecule has 0 aliphatic heterocycles. The summed E-state index contributed by atoms with van der Waals surface area (Å²) in [4.78, 5) is 27.5. The molecule has 17 heavy (non-hydrogen) atoms. The summed E-state index contributed by atoms with van der Waals surface area (Å²) in [5, 5.41) is 0. The highest BCUT2D eigenvalue weighted by molar-refractivity contribution is 5.94. The zero-order valence-electron chi connectivity index (χ0n) is 9.85.